The molecule has 0 amide bonds. The van der Waals surface area contributed by atoms with Gasteiger partial charge in [0.05, 0.1) is 29.0 Å². The second-order valence-corrected chi connectivity index (χ2v) is 7.30. The lowest BCUT2D eigenvalue weighted by Gasteiger charge is -2.05. The van der Waals surface area contributed by atoms with Crippen LogP contribution in [0.2, 0.25) is 0 Å². The first-order valence-corrected chi connectivity index (χ1v) is 8.20. The van der Waals surface area contributed by atoms with Crippen LogP contribution in [-0.2, 0) is 16.6 Å². The molecule has 0 saturated carbocycles. The Morgan fingerprint density at radius 1 is 1.33 bits per heavy atom. The number of rotatable bonds is 5. The average molecular weight is 327 g/mol. The molecular formula is C12H13N3O4S2. The number of aromatic nitrogens is 2. The van der Waals surface area contributed by atoms with Gasteiger partial charge in [0, 0.05) is 11.1 Å². The Morgan fingerprint density at radius 3 is 2.57 bits per heavy atom. The SMILES string of the molecule is Cc1cnc(CNS(=O)(=O)c2cc(C(=O)O)sc2C)cn1. The Balaban J connectivity index is 2.18. The van der Waals surface area contributed by atoms with E-state index in [1.165, 1.54) is 6.20 Å². The zero-order valence-electron chi connectivity index (χ0n) is 11.3. The second kappa shape index (κ2) is 5.88. The number of nitrogens with zero attached hydrogens (tertiary/aromatic N) is 2. The summed E-state index contributed by atoms with van der Waals surface area (Å²) in [4.78, 5) is 19.3. The van der Waals surface area contributed by atoms with Crippen LogP contribution in [0.5, 0.6) is 0 Å². The Bertz CT molecular complexity index is 766. The first kappa shape index (κ1) is 15.5. The van der Waals surface area contributed by atoms with E-state index in [4.69, 9.17) is 5.11 Å². The molecule has 0 unspecified atom stereocenters. The summed E-state index contributed by atoms with van der Waals surface area (Å²) in [5, 5.41) is 8.90. The van der Waals surface area contributed by atoms with Crippen LogP contribution in [-0.4, -0.2) is 29.5 Å². The molecule has 0 spiro atoms. The normalized spacial score (nSPS) is 11.5. The lowest BCUT2D eigenvalue weighted by Crippen LogP contribution is -2.24. The van der Waals surface area contributed by atoms with E-state index in [2.05, 4.69) is 14.7 Å². The molecule has 0 aromatic carbocycles. The Hall–Kier alpha value is -1.84. The smallest absolute Gasteiger partial charge is 0.345 e. The Labute approximate surface area is 125 Å². The van der Waals surface area contributed by atoms with E-state index in [9.17, 15) is 13.2 Å². The van der Waals surface area contributed by atoms with Gasteiger partial charge in [0.15, 0.2) is 0 Å². The summed E-state index contributed by atoms with van der Waals surface area (Å²) in [6.45, 7) is 3.34. The van der Waals surface area contributed by atoms with Gasteiger partial charge in [0.1, 0.15) is 4.88 Å². The Kier molecular flexibility index (Phi) is 4.35. The zero-order valence-corrected chi connectivity index (χ0v) is 13.0. The molecule has 0 saturated heterocycles. The summed E-state index contributed by atoms with van der Waals surface area (Å²) in [5.74, 6) is -1.14. The van der Waals surface area contributed by atoms with Crippen molar-refractivity contribution in [1.82, 2.24) is 14.7 Å². The summed E-state index contributed by atoms with van der Waals surface area (Å²) in [6, 6.07) is 1.16. The van der Waals surface area contributed by atoms with Crippen molar-refractivity contribution in [2.24, 2.45) is 0 Å². The van der Waals surface area contributed by atoms with E-state index < -0.39 is 16.0 Å². The highest BCUT2D eigenvalue weighted by atomic mass is 32.2. The maximum atomic E-state index is 12.2. The molecule has 0 atom stereocenters. The number of aromatic carboxylic acids is 1. The summed E-state index contributed by atoms with van der Waals surface area (Å²) < 4.78 is 26.8. The van der Waals surface area contributed by atoms with Crippen LogP contribution in [0.3, 0.4) is 0 Å². The van der Waals surface area contributed by atoms with Crippen LogP contribution in [0, 0.1) is 13.8 Å². The second-order valence-electron chi connectivity index (χ2n) is 4.31. The molecule has 2 aromatic rings. The van der Waals surface area contributed by atoms with Crippen molar-refractivity contribution < 1.29 is 18.3 Å². The minimum absolute atomic E-state index is 0.00664. The molecule has 2 rings (SSSR count). The van der Waals surface area contributed by atoms with Gasteiger partial charge < -0.3 is 5.11 Å². The van der Waals surface area contributed by atoms with E-state index in [0.717, 1.165) is 23.1 Å². The minimum atomic E-state index is -3.78. The molecule has 0 aliphatic rings. The first-order valence-electron chi connectivity index (χ1n) is 5.90. The average Bonchev–Trinajstić information content (AvgIpc) is 2.81. The van der Waals surface area contributed by atoms with Crippen molar-refractivity contribution in [3.8, 4) is 0 Å². The van der Waals surface area contributed by atoms with Crippen LogP contribution in [0.25, 0.3) is 0 Å². The lowest BCUT2D eigenvalue weighted by atomic mass is 10.4. The fourth-order valence-electron chi connectivity index (χ4n) is 1.59. The number of sulfonamides is 1. The van der Waals surface area contributed by atoms with Crippen molar-refractivity contribution >= 4 is 27.3 Å². The molecule has 0 aliphatic heterocycles. The molecule has 0 radical (unpaired) electrons. The summed E-state index contributed by atoms with van der Waals surface area (Å²) >= 11 is 0.926. The first-order chi connectivity index (χ1) is 9.79. The van der Waals surface area contributed by atoms with Crippen LogP contribution in [0.4, 0.5) is 0 Å². The van der Waals surface area contributed by atoms with E-state index in [1.54, 1.807) is 20.0 Å². The van der Waals surface area contributed by atoms with Gasteiger partial charge in [-0.3, -0.25) is 9.97 Å². The number of carboxylic acid groups (broad SMARTS) is 1. The predicted molar refractivity (Wildman–Crippen MR) is 76.8 cm³/mol. The molecule has 21 heavy (non-hydrogen) atoms. The van der Waals surface area contributed by atoms with E-state index >= 15 is 0 Å². The highest BCUT2D eigenvalue weighted by molar-refractivity contribution is 7.89. The molecule has 2 aromatic heterocycles. The molecule has 0 fully saturated rings. The van der Waals surface area contributed by atoms with Gasteiger partial charge in [-0.2, -0.15) is 0 Å². The number of carboxylic acids is 1. The van der Waals surface area contributed by atoms with Gasteiger partial charge in [0.25, 0.3) is 0 Å². The lowest BCUT2D eigenvalue weighted by molar-refractivity contribution is 0.0702. The number of hydrogen-bond acceptors (Lipinski definition) is 6. The molecular weight excluding hydrogens is 314 g/mol. The molecule has 0 bridgehead atoms. The van der Waals surface area contributed by atoms with Crippen molar-refractivity contribution in [2.75, 3.05) is 0 Å². The molecule has 0 aliphatic carbocycles. The third-order valence-electron chi connectivity index (χ3n) is 2.65. The van der Waals surface area contributed by atoms with Gasteiger partial charge in [-0.05, 0) is 19.9 Å². The topological polar surface area (TPSA) is 109 Å². The van der Waals surface area contributed by atoms with Crippen molar-refractivity contribution in [3.05, 3.63) is 39.6 Å². The largest absolute Gasteiger partial charge is 0.477 e. The number of thiophene rings is 1. The zero-order chi connectivity index (χ0) is 15.6. The molecule has 7 nitrogen and oxygen atoms in total. The van der Waals surface area contributed by atoms with Crippen LogP contribution < -0.4 is 4.72 Å². The fraction of sp³-hybridized carbons (Fsp3) is 0.250. The highest BCUT2D eigenvalue weighted by Crippen LogP contribution is 2.25. The number of aryl methyl sites for hydroxylation is 2. The maximum Gasteiger partial charge on any atom is 0.345 e. The fourth-order valence-corrected chi connectivity index (χ4v) is 4.02. The van der Waals surface area contributed by atoms with Gasteiger partial charge in [0.2, 0.25) is 10.0 Å². The van der Waals surface area contributed by atoms with Gasteiger partial charge in [-0.25, -0.2) is 17.9 Å². The highest BCUT2D eigenvalue weighted by Gasteiger charge is 2.22. The molecule has 2 N–H and O–H groups in total. The van der Waals surface area contributed by atoms with Crippen LogP contribution in [0.1, 0.15) is 25.9 Å². The van der Waals surface area contributed by atoms with Gasteiger partial charge in [-0.1, -0.05) is 0 Å². The van der Waals surface area contributed by atoms with Crippen molar-refractivity contribution in [3.63, 3.8) is 0 Å². The molecule has 9 heteroatoms. The van der Waals surface area contributed by atoms with E-state index in [-0.39, 0.29) is 16.3 Å². The minimum Gasteiger partial charge on any atom is -0.477 e. The maximum absolute atomic E-state index is 12.2. The quantitative estimate of drug-likeness (QED) is 0.857. The van der Waals surface area contributed by atoms with Crippen molar-refractivity contribution in [1.29, 1.82) is 0 Å². The van der Waals surface area contributed by atoms with Gasteiger partial charge >= 0.3 is 5.97 Å². The van der Waals surface area contributed by atoms with E-state index in [0.29, 0.717) is 10.6 Å². The number of carbonyl (C=O) groups is 1. The standard InChI is InChI=1S/C12H13N3O4S2/c1-7-4-14-9(5-13-7)6-15-21(18,19)11-3-10(12(16)17)20-8(11)2/h3-5,15H,6H2,1-2H3,(H,16,17). The number of hydrogen-bond donors (Lipinski definition) is 2. The third-order valence-corrected chi connectivity index (χ3v) is 5.35. The molecule has 112 valence electrons. The summed E-state index contributed by atoms with van der Waals surface area (Å²) in [7, 11) is -3.78. The van der Waals surface area contributed by atoms with Crippen LogP contribution in [0.15, 0.2) is 23.4 Å². The van der Waals surface area contributed by atoms with Crippen LogP contribution >= 0.6 is 11.3 Å². The Morgan fingerprint density at radius 2 is 2.05 bits per heavy atom. The monoisotopic (exact) mass is 327 g/mol. The molecule has 2 heterocycles. The summed E-state index contributed by atoms with van der Waals surface area (Å²) in [6.07, 6.45) is 3.03. The number of nitrogens with one attached hydrogen (secondary N) is 1. The van der Waals surface area contributed by atoms with Gasteiger partial charge in [-0.15, -0.1) is 11.3 Å². The predicted octanol–water partition coefficient (Wildman–Crippen LogP) is 1.33. The summed E-state index contributed by atoms with van der Waals surface area (Å²) in [5.41, 5.74) is 1.22. The van der Waals surface area contributed by atoms with Crippen molar-refractivity contribution in [2.45, 2.75) is 25.3 Å². The van der Waals surface area contributed by atoms with E-state index in [1.807, 2.05) is 0 Å². The third kappa shape index (κ3) is 3.63.